The van der Waals surface area contributed by atoms with Crippen LogP contribution in [0, 0.1) is 11.3 Å². The summed E-state index contributed by atoms with van der Waals surface area (Å²) in [6.07, 6.45) is 1.45. The minimum atomic E-state index is -1.07. The predicted molar refractivity (Wildman–Crippen MR) is 149 cm³/mol. The van der Waals surface area contributed by atoms with Crippen LogP contribution in [-0.4, -0.2) is 23.6 Å². The smallest absolute Gasteiger partial charge is 0.335 e. The number of halogens is 1. The number of nitriles is 1. The lowest BCUT2D eigenvalue weighted by Crippen LogP contribution is -2.13. The molecule has 0 fully saturated rings. The molecule has 8 heteroatoms. The van der Waals surface area contributed by atoms with Gasteiger partial charge < -0.3 is 19.9 Å². The van der Waals surface area contributed by atoms with Crippen molar-refractivity contribution in [2.75, 3.05) is 11.9 Å². The summed E-state index contributed by atoms with van der Waals surface area (Å²) in [5.41, 5.74) is 1.92. The fraction of sp³-hybridized carbons (Fsp3) is 0.100. The molecular formula is C30H23BrN2O5. The number of rotatable bonds is 9. The van der Waals surface area contributed by atoms with Crippen LogP contribution in [0.3, 0.4) is 0 Å². The van der Waals surface area contributed by atoms with E-state index in [4.69, 9.17) is 14.6 Å². The first kappa shape index (κ1) is 26.5. The third kappa shape index (κ3) is 6.20. The highest BCUT2D eigenvalue weighted by Gasteiger charge is 2.15. The zero-order chi connectivity index (χ0) is 27.1. The first-order valence-corrected chi connectivity index (χ1v) is 12.5. The minimum Gasteiger partial charge on any atom is -0.490 e. The molecule has 0 bridgehead atoms. The summed E-state index contributed by atoms with van der Waals surface area (Å²) in [6.45, 7) is 2.57. The standard InChI is InChI=1S/C30H23BrN2O5/c1-2-37-27-16-19(14-23(17-32)29(34)33-24-12-10-21(11-13-24)30(35)36)15-26(31)28(27)38-18-22-8-5-7-20-6-3-4-9-25(20)22/h3-16H,2,18H2,1H3,(H,33,34)(H,35,36)/b23-14+. The van der Waals surface area contributed by atoms with Gasteiger partial charge >= 0.3 is 5.97 Å². The van der Waals surface area contributed by atoms with E-state index in [2.05, 4.69) is 39.4 Å². The fourth-order valence-electron chi connectivity index (χ4n) is 3.85. The number of ether oxygens (including phenoxy) is 2. The van der Waals surface area contributed by atoms with Gasteiger partial charge in [0.05, 0.1) is 16.6 Å². The van der Waals surface area contributed by atoms with Crippen molar-refractivity contribution in [3.05, 3.63) is 106 Å². The van der Waals surface area contributed by atoms with Crippen molar-refractivity contribution in [2.45, 2.75) is 13.5 Å². The second kappa shape index (κ2) is 12.1. The van der Waals surface area contributed by atoms with E-state index in [1.807, 2.05) is 37.3 Å². The van der Waals surface area contributed by atoms with Crippen molar-refractivity contribution in [2.24, 2.45) is 0 Å². The minimum absolute atomic E-state index is 0.0927. The molecule has 0 saturated carbocycles. The van der Waals surface area contributed by atoms with Crippen molar-refractivity contribution in [3.63, 3.8) is 0 Å². The summed E-state index contributed by atoms with van der Waals surface area (Å²) in [5.74, 6) is -0.713. The van der Waals surface area contributed by atoms with Crippen LogP contribution < -0.4 is 14.8 Å². The predicted octanol–water partition coefficient (Wildman–Crippen LogP) is 6.82. The Morgan fingerprint density at radius 2 is 1.76 bits per heavy atom. The van der Waals surface area contributed by atoms with Gasteiger partial charge in [0.1, 0.15) is 18.2 Å². The number of nitrogens with zero attached hydrogens (tertiary/aromatic N) is 1. The van der Waals surface area contributed by atoms with Gasteiger partial charge in [-0.3, -0.25) is 4.79 Å². The number of carboxylic acid groups (broad SMARTS) is 1. The molecule has 0 spiro atoms. The monoisotopic (exact) mass is 570 g/mol. The molecule has 0 saturated heterocycles. The van der Waals surface area contributed by atoms with E-state index in [1.165, 1.54) is 30.3 Å². The number of amides is 1. The number of hydrogen-bond donors (Lipinski definition) is 2. The molecule has 1 amide bonds. The van der Waals surface area contributed by atoms with Crippen LogP contribution in [0.1, 0.15) is 28.4 Å². The summed E-state index contributed by atoms with van der Waals surface area (Å²) in [4.78, 5) is 23.7. The lowest BCUT2D eigenvalue weighted by Gasteiger charge is -2.16. The normalized spacial score (nSPS) is 11.0. The molecule has 0 aliphatic heterocycles. The topological polar surface area (TPSA) is 109 Å². The van der Waals surface area contributed by atoms with E-state index in [0.29, 0.717) is 40.4 Å². The van der Waals surface area contributed by atoms with Crippen LogP contribution >= 0.6 is 15.9 Å². The van der Waals surface area contributed by atoms with E-state index in [0.717, 1.165) is 16.3 Å². The van der Waals surface area contributed by atoms with Crippen LogP contribution in [0.25, 0.3) is 16.8 Å². The summed E-state index contributed by atoms with van der Waals surface area (Å²) in [7, 11) is 0. The maximum absolute atomic E-state index is 12.7. The highest BCUT2D eigenvalue weighted by Crippen LogP contribution is 2.38. The first-order chi connectivity index (χ1) is 18.4. The number of carboxylic acids is 1. The quantitative estimate of drug-likeness (QED) is 0.169. The van der Waals surface area contributed by atoms with Crippen molar-refractivity contribution in [1.29, 1.82) is 5.26 Å². The van der Waals surface area contributed by atoms with Gasteiger partial charge in [-0.1, -0.05) is 42.5 Å². The Balaban J connectivity index is 1.57. The third-order valence-corrected chi connectivity index (χ3v) is 6.24. The van der Waals surface area contributed by atoms with Gasteiger partial charge in [-0.25, -0.2) is 4.79 Å². The summed E-state index contributed by atoms with van der Waals surface area (Å²) in [5, 5.41) is 23.5. The second-order valence-corrected chi connectivity index (χ2v) is 9.05. The van der Waals surface area contributed by atoms with Gasteiger partial charge in [0, 0.05) is 5.69 Å². The first-order valence-electron chi connectivity index (χ1n) is 11.7. The Bertz CT molecular complexity index is 1570. The average molecular weight is 571 g/mol. The van der Waals surface area contributed by atoms with Gasteiger partial charge in [0.25, 0.3) is 5.91 Å². The summed E-state index contributed by atoms with van der Waals surface area (Å²) >= 11 is 3.55. The number of fused-ring (bicyclic) bond motifs is 1. The molecule has 4 rings (SSSR count). The Morgan fingerprint density at radius 3 is 2.47 bits per heavy atom. The molecule has 0 radical (unpaired) electrons. The maximum atomic E-state index is 12.7. The molecule has 0 aliphatic carbocycles. The lowest BCUT2D eigenvalue weighted by atomic mass is 10.1. The number of hydrogen-bond acceptors (Lipinski definition) is 5. The molecular weight excluding hydrogens is 548 g/mol. The van der Waals surface area contributed by atoms with Gasteiger partial charge in [-0.15, -0.1) is 0 Å². The van der Waals surface area contributed by atoms with Gasteiger partial charge in [0.15, 0.2) is 11.5 Å². The fourth-order valence-corrected chi connectivity index (χ4v) is 4.43. The Hall–Kier alpha value is -4.61. The van der Waals surface area contributed by atoms with Crippen LogP contribution in [0.5, 0.6) is 11.5 Å². The molecule has 0 atom stereocenters. The van der Waals surface area contributed by atoms with Crippen LogP contribution in [0.4, 0.5) is 5.69 Å². The second-order valence-electron chi connectivity index (χ2n) is 8.20. The van der Waals surface area contributed by atoms with Gasteiger partial charge in [-0.05, 0) is 87.2 Å². The number of carbonyl (C=O) groups excluding carboxylic acids is 1. The van der Waals surface area contributed by atoms with E-state index in [9.17, 15) is 14.9 Å². The highest BCUT2D eigenvalue weighted by atomic mass is 79.9. The van der Waals surface area contributed by atoms with Crippen molar-refractivity contribution >= 4 is 50.3 Å². The Morgan fingerprint density at radius 1 is 1.03 bits per heavy atom. The molecule has 0 heterocycles. The van der Waals surface area contributed by atoms with E-state index < -0.39 is 11.9 Å². The Labute approximate surface area is 228 Å². The lowest BCUT2D eigenvalue weighted by molar-refractivity contribution is -0.112. The number of nitrogens with one attached hydrogen (secondary N) is 1. The van der Waals surface area contributed by atoms with Crippen LogP contribution in [0.15, 0.2) is 88.9 Å². The van der Waals surface area contributed by atoms with E-state index >= 15 is 0 Å². The Kier molecular flexibility index (Phi) is 8.41. The molecule has 2 N–H and O–H groups in total. The van der Waals surface area contributed by atoms with Crippen molar-refractivity contribution in [3.8, 4) is 17.6 Å². The molecule has 0 aromatic heterocycles. The number of anilines is 1. The third-order valence-electron chi connectivity index (χ3n) is 5.65. The number of carbonyl (C=O) groups is 2. The molecule has 7 nitrogen and oxygen atoms in total. The molecule has 190 valence electrons. The maximum Gasteiger partial charge on any atom is 0.335 e. The number of benzene rings is 4. The summed E-state index contributed by atoms with van der Waals surface area (Å²) < 4.78 is 12.6. The zero-order valence-corrected chi connectivity index (χ0v) is 22.0. The van der Waals surface area contributed by atoms with Crippen molar-refractivity contribution in [1.82, 2.24) is 0 Å². The molecule has 0 unspecified atom stereocenters. The molecule has 4 aromatic rings. The van der Waals surface area contributed by atoms with Gasteiger partial charge in [0.2, 0.25) is 0 Å². The summed E-state index contributed by atoms with van der Waals surface area (Å²) in [6, 6.07) is 25.2. The molecule has 38 heavy (non-hydrogen) atoms. The number of aromatic carboxylic acids is 1. The molecule has 4 aromatic carbocycles. The van der Waals surface area contributed by atoms with E-state index in [-0.39, 0.29) is 11.1 Å². The van der Waals surface area contributed by atoms with Crippen LogP contribution in [-0.2, 0) is 11.4 Å². The SMILES string of the molecule is CCOc1cc(/C=C(\C#N)C(=O)Nc2ccc(C(=O)O)cc2)cc(Br)c1OCc1cccc2ccccc12. The van der Waals surface area contributed by atoms with E-state index in [1.54, 1.807) is 12.1 Å². The van der Waals surface area contributed by atoms with Gasteiger partial charge in [-0.2, -0.15) is 5.26 Å². The average Bonchev–Trinajstić information content (AvgIpc) is 2.91. The largest absolute Gasteiger partial charge is 0.490 e. The zero-order valence-electron chi connectivity index (χ0n) is 20.4. The highest BCUT2D eigenvalue weighted by molar-refractivity contribution is 9.10. The van der Waals surface area contributed by atoms with Crippen molar-refractivity contribution < 1.29 is 24.2 Å². The van der Waals surface area contributed by atoms with Crippen LogP contribution in [0.2, 0.25) is 0 Å². The molecule has 0 aliphatic rings.